The number of halogens is 4. The van der Waals surface area contributed by atoms with E-state index in [1.165, 1.54) is 4.90 Å². The van der Waals surface area contributed by atoms with Crippen LogP contribution in [0.25, 0.3) is 0 Å². The van der Waals surface area contributed by atoms with Gasteiger partial charge in [0.2, 0.25) is 0 Å². The number of nitrogens with zero attached hydrogens (tertiary/aromatic N) is 3. The largest absolute Gasteiger partial charge is 0.417 e. The number of rotatable bonds is 2. The van der Waals surface area contributed by atoms with Crippen LogP contribution in [0.5, 0.6) is 0 Å². The Hall–Kier alpha value is -1.90. The van der Waals surface area contributed by atoms with Crippen molar-refractivity contribution in [2.24, 2.45) is 0 Å². The SMILES string of the molecule is O=C(C1CN(c2ncc(C(F)(F)F)cc2F)CCO1)N1CCCC1. The minimum absolute atomic E-state index is 0.0740. The Balaban J connectivity index is 1.73. The third-order valence-electron chi connectivity index (χ3n) is 4.21. The number of hydrogen-bond acceptors (Lipinski definition) is 4. The molecule has 1 aromatic heterocycles. The summed E-state index contributed by atoms with van der Waals surface area (Å²) in [6.07, 6.45) is -2.91. The van der Waals surface area contributed by atoms with Crippen molar-refractivity contribution in [2.75, 3.05) is 37.7 Å². The number of alkyl halides is 3. The third kappa shape index (κ3) is 3.45. The molecule has 2 aliphatic heterocycles. The number of aromatic nitrogens is 1. The molecule has 3 heterocycles. The second-order valence-corrected chi connectivity index (χ2v) is 5.87. The summed E-state index contributed by atoms with van der Waals surface area (Å²) in [4.78, 5) is 19.1. The van der Waals surface area contributed by atoms with Gasteiger partial charge in [-0.1, -0.05) is 0 Å². The van der Waals surface area contributed by atoms with Crippen LogP contribution >= 0.6 is 0 Å². The molecule has 0 aromatic carbocycles. The van der Waals surface area contributed by atoms with Gasteiger partial charge in [0.05, 0.1) is 18.7 Å². The molecule has 2 aliphatic rings. The molecular formula is C15H17F4N3O2. The van der Waals surface area contributed by atoms with Gasteiger partial charge in [0.15, 0.2) is 17.7 Å². The molecule has 2 saturated heterocycles. The van der Waals surface area contributed by atoms with E-state index in [0.29, 0.717) is 25.4 Å². The van der Waals surface area contributed by atoms with E-state index in [9.17, 15) is 22.4 Å². The van der Waals surface area contributed by atoms with Gasteiger partial charge in [-0.2, -0.15) is 13.2 Å². The molecule has 132 valence electrons. The molecule has 1 atom stereocenters. The summed E-state index contributed by atoms with van der Waals surface area (Å²) < 4.78 is 57.3. The lowest BCUT2D eigenvalue weighted by atomic mass is 10.2. The molecule has 24 heavy (non-hydrogen) atoms. The maximum Gasteiger partial charge on any atom is 0.417 e. The number of likely N-dealkylation sites (tertiary alicyclic amines) is 1. The quantitative estimate of drug-likeness (QED) is 0.769. The first kappa shape index (κ1) is 16.9. The van der Waals surface area contributed by atoms with E-state index in [4.69, 9.17) is 4.74 Å². The van der Waals surface area contributed by atoms with Crippen LogP contribution in [0, 0.1) is 5.82 Å². The summed E-state index contributed by atoms with van der Waals surface area (Å²) in [7, 11) is 0. The van der Waals surface area contributed by atoms with Gasteiger partial charge in [0.25, 0.3) is 5.91 Å². The lowest BCUT2D eigenvalue weighted by molar-refractivity contribution is -0.143. The molecule has 0 spiro atoms. The molecule has 9 heteroatoms. The second kappa shape index (κ2) is 6.54. The van der Waals surface area contributed by atoms with E-state index in [0.717, 1.165) is 12.8 Å². The van der Waals surface area contributed by atoms with Gasteiger partial charge in [0, 0.05) is 25.8 Å². The van der Waals surface area contributed by atoms with Crippen molar-refractivity contribution in [3.63, 3.8) is 0 Å². The standard InChI is InChI=1S/C15H17F4N3O2/c16-11-7-10(15(17,18)19)8-20-13(11)22-5-6-24-12(9-22)14(23)21-3-1-2-4-21/h7-8,12H,1-6,9H2. The van der Waals surface area contributed by atoms with Crippen LogP contribution in [-0.4, -0.2) is 54.7 Å². The molecule has 0 radical (unpaired) electrons. The minimum Gasteiger partial charge on any atom is -0.365 e. The zero-order valence-corrected chi connectivity index (χ0v) is 12.9. The number of morpholine rings is 1. The van der Waals surface area contributed by atoms with Crippen LogP contribution in [0.1, 0.15) is 18.4 Å². The van der Waals surface area contributed by atoms with E-state index in [1.54, 1.807) is 4.90 Å². The Bertz CT molecular complexity index is 617. The molecule has 1 aromatic rings. The first-order valence-electron chi connectivity index (χ1n) is 7.74. The average Bonchev–Trinajstić information content (AvgIpc) is 3.07. The van der Waals surface area contributed by atoms with Crippen LogP contribution < -0.4 is 4.90 Å². The van der Waals surface area contributed by atoms with Crippen LogP contribution in [-0.2, 0) is 15.7 Å². The summed E-state index contributed by atoms with van der Waals surface area (Å²) in [5, 5.41) is 0. The number of carbonyl (C=O) groups is 1. The number of ether oxygens (including phenoxy) is 1. The molecule has 0 saturated carbocycles. The van der Waals surface area contributed by atoms with Gasteiger partial charge in [-0.25, -0.2) is 9.37 Å². The number of pyridine rings is 1. The molecule has 0 aliphatic carbocycles. The van der Waals surface area contributed by atoms with Crippen molar-refractivity contribution in [1.82, 2.24) is 9.88 Å². The fourth-order valence-electron chi connectivity index (χ4n) is 2.95. The van der Waals surface area contributed by atoms with E-state index >= 15 is 0 Å². The Morgan fingerprint density at radius 1 is 1.25 bits per heavy atom. The first-order valence-corrected chi connectivity index (χ1v) is 7.74. The molecule has 0 bridgehead atoms. The van der Waals surface area contributed by atoms with Crippen LogP contribution in [0.2, 0.25) is 0 Å². The van der Waals surface area contributed by atoms with Crippen molar-refractivity contribution in [1.29, 1.82) is 0 Å². The summed E-state index contributed by atoms with van der Waals surface area (Å²) in [5.74, 6) is -1.41. The second-order valence-electron chi connectivity index (χ2n) is 5.87. The molecule has 3 rings (SSSR count). The fraction of sp³-hybridized carbons (Fsp3) is 0.600. The fourth-order valence-corrected chi connectivity index (χ4v) is 2.95. The van der Waals surface area contributed by atoms with Gasteiger partial charge in [-0.3, -0.25) is 4.79 Å². The molecule has 1 unspecified atom stereocenters. The lowest BCUT2D eigenvalue weighted by Crippen LogP contribution is -2.51. The highest BCUT2D eigenvalue weighted by Crippen LogP contribution is 2.31. The van der Waals surface area contributed by atoms with E-state index in [2.05, 4.69) is 4.98 Å². The summed E-state index contributed by atoms with van der Waals surface area (Å²) in [5.41, 5.74) is -1.14. The Labute approximate surface area is 136 Å². The van der Waals surface area contributed by atoms with Gasteiger partial charge in [-0.05, 0) is 18.9 Å². The minimum atomic E-state index is -4.65. The van der Waals surface area contributed by atoms with Crippen molar-refractivity contribution >= 4 is 11.7 Å². The highest BCUT2D eigenvalue weighted by atomic mass is 19.4. The van der Waals surface area contributed by atoms with E-state index in [1.807, 2.05) is 0 Å². The van der Waals surface area contributed by atoms with Gasteiger partial charge in [0.1, 0.15) is 0 Å². The molecular weight excluding hydrogens is 330 g/mol. The molecule has 2 fully saturated rings. The van der Waals surface area contributed by atoms with Crippen molar-refractivity contribution in [3.8, 4) is 0 Å². The topological polar surface area (TPSA) is 45.7 Å². The van der Waals surface area contributed by atoms with Gasteiger partial charge in [-0.15, -0.1) is 0 Å². The van der Waals surface area contributed by atoms with Crippen molar-refractivity contribution < 1.29 is 27.1 Å². The molecule has 0 N–H and O–H groups in total. The zero-order valence-electron chi connectivity index (χ0n) is 12.9. The number of anilines is 1. The van der Waals surface area contributed by atoms with Crippen molar-refractivity contribution in [2.45, 2.75) is 25.1 Å². The summed E-state index contributed by atoms with van der Waals surface area (Å²) in [6, 6.07) is 0.426. The van der Waals surface area contributed by atoms with E-state index < -0.39 is 23.7 Å². The molecule has 1 amide bonds. The number of carbonyl (C=O) groups excluding carboxylic acids is 1. The monoisotopic (exact) mass is 347 g/mol. The molecule has 5 nitrogen and oxygen atoms in total. The van der Waals surface area contributed by atoms with Crippen LogP contribution in [0.4, 0.5) is 23.4 Å². The summed E-state index contributed by atoms with van der Waals surface area (Å²) >= 11 is 0. The number of hydrogen-bond donors (Lipinski definition) is 0. The smallest absolute Gasteiger partial charge is 0.365 e. The normalized spacial score (nSPS) is 22.1. The maximum absolute atomic E-state index is 14.1. The third-order valence-corrected chi connectivity index (χ3v) is 4.21. The summed E-state index contributed by atoms with van der Waals surface area (Å²) in [6.45, 7) is 1.87. The van der Waals surface area contributed by atoms with Crippen LogP contribution in [0.3, 0.4) is 0 Å². The Morgan fingerprint density at radius 3 is 2.58 bits per heavy atom. The lowest BCUT2D eigenvalue weighted by Gasteiger charge is -2.34. The van der Waals surface area contributed by atoms with Crippen LogP contribution in [0.15, 0.2) is 12.3 Å². The Kier molecular flexibility index (Phi) is 4.62. The average molecular weight is 347 g/mol. The number of amides is 1. The predicted octanol–water partition coefficient (Wildman–Crippen LogP) is 2.07. The first-order chi connectivity index (χ1) is 11.4. The highest BCUT2D eigenvalue weighted by Gasteiger charge is 2.35. The maximum atomic E-state index is 14.1. The zero-order chi connectivity index (χ0) is 17.3. The predicted molar refractivity (Wildman–Crippen MR) is 77.0 cm³/mol. The van der Waals surface area contributed by atoms with Gasteiger partial charge >= 0.3 is 6.18 Å². The van der Waals surface area contributed by atoms with E-state index in [-0.39, 0.29) is 31.4 Å². The van der Waals surface area contributed by atoms with Gasteiger partial charge < -0.3 is 14.5 Å². The highest BCUT2D eigenvalue weighted by molar-refractivity contribution is 5.82. The van der Waals surface area contributed by atoms with Crippen molar-refractivity contribution in [3.05, 3.63) is 23.6 Å². The Morgan fingerprint density at radius 2 is 1.96 bits per heavy atom.